The number of carbonyl (C=O) groups excluding carboxylic acids is 1. The molecule has 0 unspecified atom stereocenters. The van der Waals surface area contributed by atoms with Crippen molar-refractivity contribution in [3.05, 3.63) is 47.5 Å². The van der Waals surface area contributed by atoms with Gasteiger partial charge < -0.3 is 15.5 Å². The number of anilines is 2. The highest BCUT2D eigenvalue weighted by Gasteiger charge is 2.26. The average Bonchev–Trinajstić information content (AvgIpc) is 3.35. The maximum Gasteiger partial charge on any atom is 0.235 e. The van der Waals surface area contributed by atoms with Gasteiger partial charge in [0.15, 0.2) is 11.6 Å². The Balaban J connectivity index is 1.97. The van der Waals surface area contributed by atoms with Crippen molar-refractivity contribution in [3.8, 4) is 22.8 Å². The molecule has 0 saturated heterocycles. The van der Waals surface area contributed by atoms with E-state index in [0.29, 0.717) is 28.7 Å². The van der Waals surface area contributed by atoms with Crippen molar-refractivity contribution in [2.75, 3.05) is 16.4 Å². The second-order valence-corrected chi connectivity index (χ2v) is 9.47. The van der Waals surface area contributed by atoms with E-state index in [1.54, 1.807) is 17.6 Å². The van der Waals surface area contributed by atoms with E-state index in [4.69, 9.17) is 20.1 Å². The van der Waals surface area contributed by atoms with Crippen LogP contribution in [0.3, 0.4) is 0 Å². The molecule has 0 aliphatic heterocycles. The minimum Gasteiger partial charge on any atom is -0.461 e. The summed E-state index contributed by atoms with van der Waals surface area (Å²) in [6.07, 6.45) is 1.60. The molecule has 30 heavy (non-hydrogen) atoms. The van der Waals surface area contributed by atoms with Gasteiger partial charge in [-0.05, 0) is 29.7 Å². The van der Waals surface area contributed by atoms with E-state index in [1.165, 1.54) is 0 Å². The first-order valence-electron chi connectivity index (χ1n) is 9.38. The summed E-state index contributed by atoms with van der Waals surface area (Å²) in [4.78, 5) is 23.2. The Morgan fingerprint density at radius 3 is 2.70 bits per heavy atom. The molecule has 0 saturated carbocycles. The summed E-state index contributed by atoms with van der Waals surface area (Å²) < 4.78 is 5.54. The predicted molar refractivity (Wildman–Crippen MR) is 126 cm³/mol. The third-order valence-corrected chi connectivity index (χ3v) is 6.59. The third kappa shape index (κ3) is 3.85. The van der Waals surface area contributed by atoms with Crippen molar-refractivity contribution in [2.24, 2.45) is 0 Å². The van der Waals surface area contributed by atoms with Crippen LogP contribution in [0.2, 0.25) is 0 Å². The molecule has 3 heterocycles. The van der Waals surface area contributed by atoms with Crippen LogP contribution in [-0.2, 0) is 10.2 Å². The van der Waals surface area contributed by atoms with E-state index in [-0.39, 0.29) is 16.7 Å². The second-order valence-electron chi connectivity index (χ2n) is 7.91. The fourth-order valence-electron chi connectivity index (χ4n) is 3.24. The molecule has 3 N–H and O–H groups in total. The summed E-state index contributed by atoms with van der Waals surface area (Å²) in [7, 11) is 0. The Bertz CT molecular complexity index is 1230. The lowest BCUT2D eigenvalue weighted by Crippen LogP contribution is -2.12. The number of alkyl halides is 1. The molecule has 0 aliphatic rings. The zero-order valence-corrected chi connectivity index (χ0v) is 19.2. The lowest BCUT2D eigenvalue weighted by atomic mass is 9.92. The van der Waals surface area contributed by atoms with Crippen LogP contribution in [0.1, 0.15) is 25.6 Å². The van der Waals surface area contributed by atoms with Crippen LogP contribution in [0.5, 0.6) is 0 Å². The minimum absolute atomic E-state index is 0.122. The summed E-state index contributed by atoms with van der Waals surface area (Å²) >= 11 is 4.75. The average molecular weight is 485 g/mol. The highest BCUT2D eigenvalue weighted by atomic mass is 79.9. The Kier molecular flexibility index (Phi) is 5.38. The first-order valence-corrected chi connectivity index (χ1v) is 11.3. The van der Waals surface area contributed by atoms with Crippen molar-refractivity contribution in [1.29, 1.82) is 0 Å². The minimum atomic E-state index is -0.124. The number of nitrogens with one attached hydrogen (secondary N) is 1. The number of thiophene rings is 1. The van der Waals surface area contributed by atoms with Gasteiger partial charge in [-0.2, -0.15) is 0 Å². The van der Waals surface area contributed by atoms with Gasteiger partial charge in [0, 0.05) is 16.1 Å². The highest BCUT2D eigenvalue weighted by molar-refractivity contribution is 9.09. The molecule has 0 bridgehead atoms. The molecule has 0 radical (unpaired) electrons. The fraction of sp³-hybridized carbons (Fsp3) is 0.227. The highest BCUT2D eigenvalue weighted by Crippen LogP contribution is 2.44. The van der Waals surface area contributed by atoms with E-state index in [1.807, 2.05) is 36.4 Å². The first-order chi connectivity index (χ1) is 14.3. The molecule has 0 fully saturated rings. The largest absolute Gasteiger partial charge is 0.461 e. The molecule has 1 amide bonds. The van der Waals surface area contributed by atoms with Crippen molar-refractivity contribution < 1.29 is 9.21 Å². The number of hydrogen-bond acceptors (Lipinski definition) is 6. The molecule has 4 rings (SSSR count). The number of halogens is 1. The summed E-state index contributed by atoms with van der Waals surface area (Å²) in [6, 6.07) is 11.2. The van der Waals surface area contributed by atoms with E-state index in [0.717, 1.165) is 20.7 Å². The molecule has 154 valence electrons. The summed E-state index contributed by atoms with van der Waals surface area (Å²) in [6.45, 7) is 6.39. The zero-order valence-electron chi connectivity index (χ0n) is 16.8. The van der Waals surface area contributed by atoms with Crippen molar-refractivity contribution >= 4 is 54.8 Å². The maximum absolute atomic E-state index is 11.8. The van der Waals surface area contributed by atoms with Crippen LogP contribution in [0.15, 0.2) is 47.1 Å². The van der Waals surface area contributed by atoms with Gasteiger partial charge >= 0.3 is 0 Å². The first kappa shape index (κ1) is 20.6. The van der Waals surface area contributed by atoms with Gasteiger partial charge in [-0.15, -0.1) is 11.3 Å². The number of rotatable bonds is 4. The van der Waals surface area contributed by atoms with Crippen LogP contribution in [0.25, 0.3) is 33.1 Å². The fourth-order valence-corrected chi connectivity index (χ4v) is 4.54. The monoisotopic (exact) mass is 484 g/mol. The van der Waals surface area contributed by atoms with E-state index in [9.17, 15) is 4.79 Å². The Labute approximate surface area is 186 Å². The molecule has 3 aromatic heterocycles. The number of carbonyl (C=O) groups is 1. The Morgan fingerprint density at radius 1 is 1.23 bits per heavy atom. The molecule has 0 aliphatic carbocycles. The van der Waals surface area contributed by atoms with E-state index < -0.39 is 0 Å². The molecular weight excluding hydrogens is 464 g/mol. The Hall–Kier alpha value is -2.71. The van der Waals surface area contributed by atoms with Gasteiger partial charge in [-0.1, -0.05) is 48.8 Å². The number of fused-ring (bicyclic) bond motifs is 1. The van der Waals surface area contributed by atoms with Crippen LogP contribution in [-0.4, -0.2) is 21.2 Å². The van der Waals surface area contributed by atoms with Crippen molar-refractivity contribution in [3.63, 3.8) is 0 Å². The SMILES string of the molecule is CC(C)(C)c1sc2nc(-c3ccco3)nc(-c3cccc(NC(=O)CBr)c3)c2c1N. The summed E-state index contributed by atoms with van der Waals surface area (Å²) in [5.41, 5.74) is 9.42. The molecule has 8 heteroatoms. The quantitative estimate of drug-likeness (QED) is 0.355. The van der Waals surface area contributed by atoms with Crippen molar-refractivity contribution in [1.82, 2.24) is 9.97 Å². The van der Waals surface area contributed by atoms with Gasteiger partial charge in [0.1, 0.15) is 4.83 Å². The Morgan fingerprint density at radius 2 is 2.03 bits per heavy atom. The maximum atomic E-state index is 11.8. The van der Waals surface area contributed by atoms with Gasteiger partial charge in [-0.25, -0.2) is 9.97 Å². The molecule has 1 aromatic carbocycles. The second kappa shape index (κ2) is 7.85. The van der Waals surface area contributed by atoms with Crippen molar-refractivity contribution in [2.45, 2.75) is 26.2 Å². The number of nitrogens with zero attached hydrogens (tertiary/aromatic N) is 2. The van der Waals surface area contributed by atoms with Crippen LogP contribution in [0.4, 0.5) is 11.4 Å². The van der Waals surface area contributed by atoms with Crippen LogP contribution >= 0.6 is 27.3 Å². The molecule has 4 aromatic rings. The third-order valence-electron chi connectivity index (χ3n) is 4.55. The lowest BCUT2D eigenvalue weighted by Gasteiger charge is -2.17. The number of furan rings is 1. The van der Waals surface area contributed by atoms with Gasteiger partial charge in [0.05, 0.1) is 28.4 Å². The number of nitrogens with two attached hydrogens (primary N) is 1. The number of benzene rings is 1. The van der Waals surface area contributed by atoms with E-state index in [2.05, 4.69) is 42.0 Å². The number of aromatic nitrogens is 2. The standard InChI is InChI=1S/C22H21BrN4O2S/c1-22(2,3)19-17(24)16-18(12-6-4-7-13(10-12)25-15(28)11-23)26-20(27-21(16)30-19)14-8-5-9-29-14/h4-10H,11,24H2,1-3H3,(H,25,28). The topological polar surface area (TPSA) is 94.0 Å². The number of hydrogen-bond donors (Lipinski definition) is 2. The smallest absolute Gasteiger partial charge is 0.235 e. The van der Waals surface area contributed by atoms with Gasteiger partial charge in [0.2, 0.25) is 5.91 Å². The molecule has 6 nitrogen and oxygen atoms in total. The summed E-state index contributed by atoms with van der Waals surface area (Å²) in [5.74, 6) is 0.964. The molecular formula is C22H21BrN4O2S. The lowest BCUT2D eigenvalue weighted by molar-refractivity contribution is -0.113. The van der Waals surface area contributed by atoms with Crippen LogP contribution in [0, 0.1) is 0 Å². The predicted octanol–water partition coefficient (Wildman–Crippen LogP) is 5.83. The van der Waals surface area contributed by atoms with E-state index >= 15 is 0 Å². The number of nitrogen functional groups attached to an aromatic ring is 1. The van der Waals surface area contributed by atoms with Gasteiger partial charge in [0.25, 0.3) is 0 Å². The molecule has 0 atom stereocenters. The zero-order chi connectivity index (χ0) is 21.5. The van der Waals surface area contributed by atoms with Gasteiger partial charge in [-0.3, -0.25) is 4.79 Å². The number of amides is 1. The summed E-state index contributed by atoms with van der Waals surface area (Å²) in [5, 5.41) is 3.91. The van der Waals surface area contributed by atoms with Crippen LogP contribution < -0.4 is 11.1 Å². The molecule has 0 spiro atoms. The normalized spacial score (nSPS) is 11.7.